The van der Waals surface area contributed by atoms with Gasteiger partial charge in [0.15, 0.2) is 0 Å². The van der Waals surface area contributed by atoms with Gasteiger partial charge in [-0.25, -0.2) is 14.2 Å². The van der Waals surface area contributed by atoms with Gasteiger partial charge in [-0.15, -0.1) is 0 Å². The van der Waals surface area contributed by atoms with Crippen LogP contribution in [-0.2, 0) is 26.1 Å². The van der Waals surface area contributed by atoms with E-state index in [1.54, 1.807) is 12.1 Å². The summed E-state index contributed by atoms with van der Waals surface area (Å²) in [4.78, 5) is 40.6. The number of rotatable bonds is 6. The molecule has 3 aromatic rings. The highest BCUT2D eigenvalue weighted by molar-refractivity contribution is 5.98. The van der Waals surface area contributed by atoms with Crippen LogP contribution in [0, 0.1) is 5.82 Å². The highest BCUT2D eigenvalue weighted by Crippen LogP contribution is 2.42. The van der Waals surface area contributed by atoms with Gasteiger partial charge in [0.25, 0.3) is 0 Å². The van der Waals surface area contributed by atoms with E-state index in [-0.39, 0.29) is 47.9 Å². The number of morpholine rings is 1. The zero-order valence-corrected chi connectivity index (χ0v) is 28.8. The Morgan fingerprint density at radius 2 is 1.83 bits per heavy atom. The first-order valence-electron chi connectivity index (χ1n) is 16.8. The molecule has 0 saturated carbocycles. The second-order valence-corrected chi connectivity index (χ2v) is 15.2. The summed E-state index contributed by atoms with van der Waals surface area (Å²) in [6, 6.07) is 8.76. The number of piperazine rings is 1. The SMILES string of the molecule is C[C@@H]1COCCN1C[C@H]1CN(C(=O)OC(C)(C)C)[C@H](C)CN1CC(=O)N1CC(C)(C)c2c1cc(Cc1ccc(F)cc1)c1cncn21. The molecule has 3 aliphatic heterocycles. The van der Waals surface area contributed by atoms with E-state index >= 15 is 0 Å². The van der Waals surface area contributed by atoms with Gasteiger partial charge in [0.1, 0.15) is 11.4 Å². The second kappa shape index (κ2) is 12.8. The summed E-state index contributed by atoms with van der Waals surface area (Å²) in [6.45, 7) is 18.9. The van der Waals surface area contributed by atoms with Crippen molar-refractivity contribution in [2.75, 3.05) is 57.4 Å². The molecule has 0 bridgehead atoms. The predicted octanol–water partition coefficient (Wildman–Crippen LogP) is 4.72. The minimum Gasteiger partial charge on any atom is -0.444 e. The molecule has 0 N–H and O–H groups in total. The quantitative estimate of drug-likeness (QED) is 0.383. The van der Waals surface area contributed by atoms with E-state index in [9.17, 15) is 14.0 Å². The van der Waals surface area contributed by atoms with Crippen molar-refractivity contribution in [1.82, 2.24) is 24.1 Å². The predicted molar refractivity (Wildman–Crippen MR) is 179 cm³/mol. The molecule has 2 fully saturated rings. The van der Waals surface area contributed by atoms with Crippen molar-refractivity contribution in [2.24, 2.45) is 0 Å². The minimum absolute atomic E-state index is 0.0296. The fourth-order valence-electron chi connectivity index (χ4n) is 7.38. The van der Waals surface area contributed by atoms with Gasteiger partial charge in [-0.3, -0.25) is 14.6 Å². The molecule has 3 atom stereocenters. The molecule has 6 rings (SSSR count). The fourth-order valence-corrected chi connectivity index (χ4v) is 7.38. The van der Waals surface area contributed by atoms with E-state index in [4.69, 9.17) is 9.47 Å². The number of carbonyl (C=O) groups is 2. The molecule has 0 radical (unpaired) electrons. The maximum atomic E-state index is 14.4. The fraction of sp³-hybridized carbons (Fsp3) is 0.583. The largest absolute Gasteiger partial charge is 0.444 e. The van der Waals surface area contributed by atoms with Crippen molar-refractivity contribution < 1.29 is 23.5 Å². The second-order valence-electron chi connectivity index (χ2n) is 15.2. The van der Waals surface area contributed by atoms with E-state index in [0.29, 0.717) is 39.3 Å². The average Bonchev–Trinajstić information content (AvgIpc) is 3.58. The van der Waals surface area contributed by atoms with Gasteiger partial charge in [0.05, 0.1) is 49.2 Å². The van der Waals surface area contributed by atoms with Gasteiger partial charge in [0, 0.05) is 56.3 Å². The number of ether oxygens (including phenoxy) is 2. The van der Waals surface area contributed by atoms with Crippen molar-refractivity contribution in [1.29, 1.82) is 0 Å². The molecule has 10 nitrogen and oxygen atoms in total. The van der Waals surface area contributed by atoms with E-state index in [1.807, 2.05) is 50.0 Å². The van der Waals surface area contributed by atoms with Crippen LogP contribution in [0.25, 0.3) is 5.52 Å². The summed E-state index contributed by atoms with van der Waals surface area (Å²) >= 11 is 0. The van der Waals surface area contributed by atoms with Crippen molar-refractivity contribution in [3.63, 3.8) is 0 Å². The number of hydrogen-bond acceptors (Lipinski definition) is 7. The molecule has 2 saturated heterocycles. The number of imidazole rings is 1. The summed E-state index contributed by atoms with van der Waals surface area (Å²) in [5.74, 6) is -0.236. The van der Waals surface area contributed by atoms with Crippen molar-refractivity contribution >= 4 is 23.2 Å². The molecule has 47 heavy (non-hydrogen) atoms. The lowest BCUT2D eigenvalue weighted by Gasteiger charge is -2.47. The molecule has 0 unspecified atom stereocenters. The summed E-state index contributed by atoms with van der Waals surface area (Å²) < 4.78 is 27.3. The van der Waals surface area contributed by atoms with E-state index in [1.165, 1.54) is 12.1 Å². The van der Waals surface area contributed by atoms with E-state index in [0.717, 1.165) is 41.1 Å². The first kappa shape index (κ1) is 33.4. The first-order valence-corrected chi connectivity index (χ1v) is 16.8. The Bertz CT molecular complexity index is 1620. The summed E-state index contributed by atoms with van der Waals surface area (Å²) in [5.41, 5.74) is 4.06. The summed E-state index contributed by atoms with van der Waals surface area (Å²) in [7, 11) is 0. The summed E-state index contributed by atoms with van der Waals surface area (Å²) in [5, 5.41) is 0. The Balaban J connectivity index is 1.28. The third-order valence-corrected chi connectivity index (χ3v) is 9.73. The van der Waals surface area contributed by atoms with Gasteiger partial charge < -0.3 is 23.7 Å². The third kappa shape index (κ3) is 7.03. The lowest BCUT2D eigenvalue weighted by atomic mass is 9.90. The number of carbonyl (C=O) groups excluding carboxylic acids is 2. The number of amides is 2. The normalized spacial score (nSPS) is 23.7. The van der Waals surface area contributed by atoms with Crippen LogP contribution < -0.4 is 4.90 Å². The molecular weight excluding hydrogens is 599 g/mol. The van der Waals surface area contributed by atoms with Gasteiger partial charge >= 0.3 is 6.09 Å². The molecule has 254 valence electrons. The highest BCUT2D eigenvalue weighted by atomic mass is 19.1. The van der Waals surface area contributed by atoms with E-state index in [2.05, 4.69) is 46.0 Å². The van der Waals surface area contributed by atoms with Crippen LogP contribution >= 0.6 is 0 Å². The van der Waals surface area contributed by atoms with Crippen LogP contribution in [-0.4, -0.2) is 112 Å². The number of hydrogen-bond donors (Lipinski definition) is 0. The number of halogens is 1. The molecule has 11 heteroatoms. The molecular formula is C36H49FN6O4. The Kier molecular flexibility index (Phi) is 9.10. The lowest BCUT2D eigenvalue weighted by Crippen LogP contribution is -2.64. The lowest BCUT2D eigenvalue weighted by molar-refractivity contribution is -0.121. The zero-order chi connectivity index (χ0) is 33.7. The monoisotopic (exact) mass is 648 g/mol. The molecule has 1 aromatic carbocycles. The number of benzene rings is 1. The molecule has 0 spiro atoms. The molecule has 3 aliphatic rings. The maximum Gasteiger partial charge on any atom is 0.410 e. The Labute approximate surface area is 277 Å². The number of aromatic nitrogens is 2. The Morgan fingerprint density at radius 1 is 1.09 bits per heavy atom. The maximum absolute atomic E-state index is 14.4. The van der Waals surface area contributed by atoms with Crippen molar-refractivity contribution in [3.8, 4) is 0 Å². The van der Waals surface area contributed by atoms with Crippen LogP contribution in [0.1, 0.15) is 65.3 Å². The average molecular weight is 649 g/mol. The van der Waals surface area contributed by atoms with Crippen LogP contribution in [0.4, 0.5) is 14.9 Å². The standard InChI is InChI=1S/C36H49FN6O4/c1-24-17-40(29(18-39-12-13-46-21-25(39)2)19-41(24)34(45)47-35(3,4)5)20-32(44)42-22-36(6,7)33-30(42)15-27(31-16-38-23-43(31)33)14-26-8-10-28(37)11-9-26/h8-11,15-16,23-25,29H,12-14,17-22H2,1-7H3/t24-,25-,29+/m1/s1. The smallest absolute Gasteiger partial charge is 0.410 e. The third-order valence-electron chi connectivity index (χ3n) is 9.73. The van der Waals surface area contributed by atoms with Gasteiger partial charge in [-0.05, 0) is 70.4 Å². The summed E-state index contributed by atoms with van der Waals surface area (Å²) in [6.07, 6.45) is 3.97. The zero-order valence-electron chi connectivity index (χ0n) is 28.8. The van der Waals surface area contributed by atoms with Gasteiger partial charge in [0.2, 0.25) is 5.91 Å². The van der Waals surface area contributed by atoms with Crippen molar-refractivity contribution in [2.45, 2.75) is 84.0 Å². The van der Waals surface area contributed by atoms with E-state index < -0.39 is 5.60 Å². The molecule has 5 heterocycles. The number of pyridine rings is 1. The highest BCUT2D eigenvalue weighted by Gasteiger charge is 2.43. The van der Waals surface area contributed by atoms with Crippen LogP contribution in [0.5, 0.6) is 0 Å². The topological polar surface area (TPSA) is 82.9 Å². The van der Waals surface area contributed by atoms with Crippen LogP contribution in [0.2, 0.25) is 0 Å². The van der Waals surface area contributed by atoms with Crippen LogP contribution in [0.3, 0.4) is 0 Å². The first-order chi connectivity index (χ1) is 22.2. The number of fused-ring (bicyclic) bond motifs is 3. The minimum atomic E-state index is -0.593. The number of anilines is 1. The Morgan fingerprint density at radius 3 is 2.53 bits per heavy atom. The van der Waals surface area contributed by atoms with Crippen molar-refractivity contribution in [3.05, 3.63) is 65.5 Å². The number of nitrogens with zero attached hydrogens (tertiary/aromatic N) is 6. The van der Waals surface area contributed by atoms with Gasteiger partial charge in [-0.1, -0.05) is 26.0 Å². The van der Waals surface area contributed by atoms with Gasteiger partial charge in [-0.2, -0.15) is 0 Å². The molecule has 0 aliphatic carbocycles. The van der Waals surface area contributed by atoms with Crippen LogP contribution in [0.15, 0.2) is 42.9 Å². The Hall–Kier alpha value is -3.54. The molecule has 2 aromatic heterocycles. The molecule has 2 amide bonds.